The van der Waals surface area contributed by atoms with Crippen LogP contribution in [-0.4, -0.2) is 30.4 Å². The van der Waals surface area contributed by atoms with Gasteiger partial charge in [-0.2, -0.15) is 0 Å². The second kappa shape index (κ2) is 7.54. The van der Waals surface area contributed by atoms with Gasteiger partial charge in [0.15, 0.2) is 0 Å². The van der Waals surface area contributed by atoms with Crippen LogP contribution in [-0.2, 0) is 0 Å². The van der Waals surface area contributed by atoms with Crippen LogP contribution in [0.1, 0.15) is 20.3 Å². The molecule has 0 saturated heterocycles. The SMILES string of the molecule is CC[C@@H](C)[NH2+]C[C@H](O)COc1ccccc1Cl. The number of benzene rings is 1. The summed E-state index contributed by atoms with van der Waals surface area (Å²) in [6.07, 6.45) is 0.623. The van der Waals surface area contributed by atoms with Crippen molar-refractivity contribution in [2.45, 2.75) is 32.4 Å². The van der Waals surface area contributed by atoms with E-state index in [4.69, 9.17) is 16.3 Å². The van der Waals surface area contributed by atoms with E-state index in [0.29, 0.717) is 23.4 Å². The lowest BCUT2D eigenvalue weighted by atomic mass is 10.2. The molecule has 17 heavy (non-hydrogen) atoms. The van der Waals surface area contributed by atoms with Crippen molar-refractivity contribution in [1.82, 2.24) is 0 Å². The topological polar surface area (TPSA) is 46.1 Å². The molecule has 0 heterocycles. The van der Waals surface area contributed by atoms with Crippen molar-refractivity contribution in [3.05, 3.63) is 29.3 Å². The lowest BCUT2D eigenvalue weighted by Crippen LogP contribution is -2.91. The molecule has 96 valence electrons. The molecule has 3 N–H and O–H groups in total. The highest BCUT2D eigenvalue weighted by molar-refractivity contribution is 6.32. The van der Waals surface area contributed by atoms with Crippen molar-refractivity contribution in [2.75, 3.05) is 13.2 Å². The van der Waals surface area contributed by atoms with E-state index in [-0.39, 0.29) is 6.61 Å². The van der Waals surface area contributed by atoms with Crippen LogP contribution in [0.25, 0.3) is 0 Å². The summed E-state index contributed by atoms with van der Waals surface area (Å²) in [6, 6.07) is 7.81. The van der Waals surface area contributed by atoms with Crippen LogP contribution in [0.5, 0.6) is 5.75 Å². The maximum Gasteiger partial charge on any atom is 0.138 e. The summed E-state index contributed by atoms with van der Waals surface area (Å²) in [5, 5.41) is 12.4. The van der Waals surface area contributed by atoms with Crippen LogP contribution in [0.15, 0.2) is 24.3 Å². The molecule has 0 aliphatic heterocycles. The van der Waals surface area contributed by atoms with Gasteiger partial charge < -0.3 is 15.2 Å². The number of hydrogen-bond acceptors (Lipinski definition) is 2. The summed E-state index contributed by atoms with van der Waals surface area (Å²) in [6.45, 7) is 5.20. The van der Waals surface area contributed by atoms with Crippen molar-refractivity contribution in [2.24, 2.45) is 0 Å². The molecule has 1 rings (SSSR count). The summed E-state index contributed by atoms with van der Waals surface area (Å²) in [7, 11) is 0. The predicted octanol–water partition coefficient (Wildman–Crippen LogP) is 1.44. The molecule has 3 nitrogen and oxygen atoms in total. The number of ether oxygens (including phenoxy) is 1. The number of para-hydroxylation sites is 1. The van der Waals surface area contributed by atoms with Crippen molar-refractivity contribution < 1.29 is 15.2 Å². The fraction of sp³-hybridized carbons (Fsp3) is 0.538. The summed E-state index contributed by atoms with van der Waals surface area (Å²) in [4.78, 5) is 0. The molecule has 0 radical (unpaired) electrons. The number of aliphatic hydroxyl groups is 1. The smallest absolute Gasteiger partial charge is 0.138 e. The monoisotopic (exact) mass is 258 g/mol. The van der Waals surface area contributed by atoms with Gasteiger partial charge in [-0.05, 0) is 25.5 Å². The molecule has 0 amide bonds. The molecule has 2 atom stereocenters. The van der Waals surface area contributed by atoms with Crippen molar-refractivity contribution in [3.63, 3.8) is 0 Å². The first-order valence-corrected chi connectivity index (χ1v) is 6.40. The Hall–Kier alpha value is -0.770. The van der Waals surface area contributed by atoms with Gasteiger partial charge in [-0.25, -0.2) is 0 Å². The minimum atomic E-state index is -0.472. The number of nitrogens with two attached hydrogens (primary N) is 1. The summed E-state index contributed by atoms with van der Waals surface area (Å²) >= 11 is 5.94. The minimum Gasteiger partial charge on any atom is -0.489 e. The van der Waals surface area contributed by atoms with Gasteiger partial charge >= 0.3 is 0 Å². The maximum atomic E-state index is 9.75. The van der Waals surface area contributed by atoms with Gasteiger partial charge in [-0.1, -0.05) is 30.7 Å². The van der Waals surface area contributed by atoms with E-state index >= 15 is 0 Å². The molecule has 0 aliphatic rings. The molecule has 0 spiro atoms. The van der Waals surface area contributed by atoms with Gasteiger partial charge in [0.1, 0.15) is 25.0 Å². The lowest BCUT2D eigenvalue weighted by Gasteiger charge is -2.14. The van der Waals surface area contributed by atoms with Gasteiger partial charge in [-0.3, -0.25) is 0 Å². The molecule has 0 saturated carbocycles. The molecular weight excluding hydrogens is 238 g/mol. The van der Waals surface area contributed by atoms with E-state index in [2.05, 4.69) is 19.2 Å². The highest BCUT2D eigenvalue weighted by Crippen LogP contribution is 2.22. The first-order chi connectivity index (χ1) is 8.13. The number of rotatable bonds is 7. The van der Waals surface area contributed by atoms with Crippen LogP contribution >= 0.6 is 11.6 Å². The van der Waals surface area contributed by atoms with E-state index < -0.39 is 6.10 Å². The quantitative estimate of drug-likeness (QED) is 0.778. The summed E-state index contributed by atoms with van der Waals surface area (Å²) < 4.78 is 5.46. The predicted molar refractivity (Wildman–Crippen MR) is 69.5 cm³/mol. The molecule has 4 heteroatoms. The van der Waals surface area contributed by atoms with Crippen molar-refractivity contribution in [1.29, 1.82) is 0 Å². The van der Waals surface area contributed by atoms with Gasteiger partial charge in [0.2, 0.25) is 0 Å². The summed E-state index contributed by atoms with van der Waals surface area (Å²) in [5.74, 6) is 0.622. The molecule has 0 aromatic heterocycles. The Morgan fingerprint density at radius 3 is 2.76 bits per heavy atom. The highest BCUT2D eigenvalue weighted by Gasteiger charge is 2.10. The van der Waals surface area contributed by atoms with Gasteiger partial charge in [-0.15, -0.1) is 0 Å². The van der Waals surface area contributed by atoms with Crippen LogP contribution < -0.4 is 10.1 Å². The van der Waals surface area contributed by atoms with Gasteiger partial charge in [0.25, 0.3) is 0 Å². The van der Waals surface area contributed by atoms with Gasteiger partial charge in [0, 0.05) is 0 Å². The van der Waals surface area contributed by atoms with E-state index in [1.165, 1.54) is 0 Å². The number of quaternary nitrogens is 1. The summed E-state index contributed by atoms with van der Waals surface area (Å²) in [5.41, 5.74) is 0. The fourth-order valence-corrected chi connectivity index (χ4v) is 1.56. The molecule has 0 fully saturated rings. The van der Waals surface area contributed by atoms with Crippen molar-refractivity contribution >= 4 is 11.6 Å². The van der Waals surface area contributed by atoms with Crippen LogP contribution in [0.2, 0.25) is 5.02 Å². The van der Waals surface area contributed by atoms with E-state index in [0.717, 1.165) is 6.42 Å². The number of aliphatic hydroxyl groups excluding tert-OH is 1. The molecule has 1 aromatic rings. The first kappa shape index (κ1) is 14.3. The first-order valence-electron chi connectivity index (χ1n) is 6.02. The standard InChI is InChI=1S/C13H20ClNO2/c1-3-10(2)15-8-11(16)9-17-13-7-5-4-6-12(13)14/h4-7,10-11,15-16H,3,8-9H2,1-2H3/p+1/t10-,11+/m1/s1. The average molecular weight is 259 g/mol. The molecule has 0 aliphatic carbocycles. The second-order valence-corrected chi connectivity index (χ2v) is 4.66. The highest BCUT2D eigenvalue weighted by atomic mass is 35.5. The Bertz CT molecular complexity index is 333. The van der Waals surface area contributed by atoms with Crippen LogP contribution in [0, 0.1) is 0 Å². The molecule has 0 unspecified atom stereocenters. The average Bonchev–Trinajstić information content (AvgIpc) is 2.35. The van der Waals surface area contributed by atoms with Crippen molar-refractivity contribution in [3.8, 4) is 5.75 Å². The second-order valence-electron chi connectivity index (χ2n) is 4.25. The third-order valence-electron chi connectivity index (χ3n) is 2.72. The minimum absolute atomic E-state index is 0.274. The van der Waals surface area contributed by atoms with E-state index in [9.17, 15) is 5.11 Å². The van der Waals surface area contributed by atoms with Crippen LogP contribution in [0.4, 0.5) is 0 Å². The zero-order chi connectivity index (χ0) is 12.7. The Morgan fingerprint density at radius 2 is 2.12 bits per heavy atom. The third-order valence-corrected chi connectivity index (χ3v) is 3.03. The Balaban J connectivity index is 2.28. The Morgan fingerprint density at radius 1 is 1.41 bits per heavy atom. The zero-order valence-electron chi connectivity index (χ0n) is 10.4. The van der Waals surface area contributed by atoms with E-state index in [1.807, 2.05) is 12.1 Å². The number of halogens is 1. The zero-order valence-corrected chi connectivity index (χ0v) is 11.2. The molecular formula is C13H21ClNO2+. The Kier molecular flexibility index (Phi) is 6.34. The Labute approximate surface area is 108 Å². The fourth-order valence-electron chi connectivity index (χ4n) is 1.37. The normalized spacial score (nSPS) is 14.4. The largest absolute Gasteiger partial charge is 0.489 e. The lowest BCUT2D eigenvalue weighted by molar-refractivity contribution is -0.691. The molecule has 0 bridgehead atoms. The van der Waals surface area contributed by atoms with Crippen LogP contribution in [0.3, 0.4) is 0 Å². The maximum absolute atomic E-state index is 9.75. The van der Waals surface area contributed by atoms with Gasteiger partial charge in [0.05, 0.1) is 11.1 Å². The number of hydrogen-bond donors (Lipinski definition) is 2. The third kappa shape index (κ3) is 5.39. The van der Waals surface area contributed by atoms with E-state index in [1.54, 1.807) is 12.1 Å². The molecule has 1 aromatic carbocycles.